The van der Waals surface area contributed by atoms with Crippen LogP contribution in [0.5, 0.6) is 0 Å². The summed E-state index contributed by atoms with van der Waals surface area (Å²) < 4.78 is 1.72. The number of nitrogens with zero attached hydrogens (tertiary/aromatic N) is 5. The van der Waals surface area contributed by atoms with Crippen LogP contribution in [0.3, 0.4) is 0 Å². The summed E-state index contributed by atoms with van der Waals surface area (Å²) in [5.41, 5.74) is 3.27. The molecule has 0 fully saturated rings. The van der Waals surface area contributed by atoms with Crippen molar-refractivity contribution in [2.24, 2.45) is 9.98 Å². The lowest BCUT2D eigenvalue weighted by Crippen LogP contribution is -2.07. The average Bonchev–Trinajstić information content (AvgIpc) is 2.92. The number of halogens is 1. The van der Waals surface area contributed by atoms with Crippen LogP contribution >= 0.6 is 11.6 Å². The molecule has 116 valence electrons. The van der Waals surface area contributed by atoms with Gasteiger partial charge in [0, 0.05) is 16.1 Å². The predicted molar refractivity (Wildman–Crippen MR) is 89.9 cm³/mol. The van der Waals surface area contributed by atoms with E-state index in [2.05, 4.69) is 20.2 Å². The first kappa shape index (κ1) is 14.5. The van der Waals surface area contributed by atoms with Gasteiger partial charge in [0.15, 0.2) is 5.82 Å². The molecule has 0 saturated carbocycles. The van der Waals surface area contributed by atoms with Gasteiger partial charge in [-0.3, -0.25) is 9.56 Å². The van der Waals surface area contributed by atoms with Crippen LogP contribution in [0, 0.1) is 0 Å². The number of hydrogen-bond donors (Lipinski definition) is 0. The predicted octanol–water partition coefficient (Wildman–Crippen LogP) is 3.24. The normalized spacial score (nSPS) is 12.5. The zero-order valence-corrected chi connectivity index (χ0v) is 13.1. The molecule has 0 N–H and O–H groups in total. The molecule has 0 radical (unpaired) electrons. The quantitative estimate of drug-likeness (QED) is 0.533. The number of rotatable bonds is 2. The van der Waals surface area contributed by atoms with Crippen molar-refractivity contribution < 1.29 is 4.79 Å². The summed E-state index contributed by atoms with van der Waals surface area (Å²) in [5.74, 6) is 0.779. The molecule has 1 aromatic heterocycles. The molecule has 6 nitrogen and oxygen atoms in total. The van der Waals surface area contributed by atoms with E-state index in [-0.39, 0.29) is 5.95 Å². The minimum Gasteiger partial charge on any atom is -0.276 e. The second kappa shape index (κ2) is 5.85. The summed E-state index contributed by atoms with van der Waals surface area (Å²) in [6.45, 7) is 0.302. The number of benzene rings is 2. The van der Waals surface area contributed by atoms with Crippen LogP contribution in [0.1, 0.15) is 17.0 Å². The van der Waals surface area contributed by atoms with Crippen molar-refractivity contribution >= 4 is 29.3 Å². The van der Waals surface area contributed by atoms with E-state index in [1.807, 2.05) is 48.5 Å². The minimum absolute atomic E-state index is 0.183. The summed E-state index contributed by atoms with van der Waals surface area (Å²) in [6.07, 6.45) is 1.52. The van der Waals surface area contributed by atoms with E-state index in [9.17, 15) is 4.79 Å². The minimum atomic E-state index is 0.183. The van der Waals surface area contributed by atoms with E-state index in [0.717, 1.165) is 22.5 Å². The third kappa shape index (κ3) is 2.25. The van der Waals surface area contributed by atoms with E-state index < -0.39 is 0 Å². The van der Waals surface area contributed by atoms with Crippen molar-refractivity contribution in [1.82, 2.24) is 14.8 Å². The standard InChI is InChI=1S/C17H10ClN5O/c18-13-7-3-1-5-11(13)16-12-6-2-4-8-14(12)23-15(9-19-16)21-22-17(23)20-10-24/h1-8H,9H2. The maximum absolute atomic E-state index is 10.7. The van der Waals surface area contributed by atoms with Gasteiger partial charge in [-0.1, -0.05) is 48.0 Å². The van der Waals surface area contributed by atoms with Gasteiger partial charge in [0.1, 0.15) is 6.54 Å². The van der Waals surface area contributed by atoms with E-state index in [0.29, 0.717) is 17.4 Å². The van der Waals surface area contributed by atoms with Crippen molar-refractivity contribution in [2.75, 3.05) is 0 Å². The van der Waals surface area contributed by atoms with Crippen LogP contribution in [0.4, 0.5) is 5.95 Å². The molecule has 3 aromatic rings. The maximum atomic E-state index is 10.7. The van der Waals surface area contributed by atoms with Crippen molar-refractivity contribution in [1.29, 1.82) is 0 Å². The van der Waals surface area contributed by atoms with Crippen molar-refractivity contribution in [2.45, 2.75) is 6.54 Å². The fourth-order valence-corrected chi connectivity index (χ4v) is 2.98. The van der Waals surface area contributed by atoms with E-state index in [4.69, 9.17) is 11.6 Å². The lowest BCUT2D eigenvalue weighted by molar-refractivity contribution is 0.565. The summed E-state index contributed by atoms with van der Waals surface area (Å²) in [6, 6.07) is 15.2. The highest BCUT2D eigenvalue weighted by molar-refractivity contribution is 6.35. The highest BCUT2D eigenvalue weighted by Crippen LogP contribution is 2.29. The second-order valence-electron chi connectivity index (χ2n) is 5.12. The number of isocyanates is 1. The topological polar surface area (TPSA) is 72.5 Å². The molecule has 0 unspecified atom stereocenters. The Bertz CT molecular complexity index is 1020. The molecule has 0 amide bonds. The zero-order valence-electron chi connectivity index (χ0n) is 12.3. The Kier molecular flexibility index (Phi) is 3.54. The summed E-state index contributed by atoms with van der Waals surface area (Å²) in [7, 11) is 0. The van der Waals surface area contributed by atoms with Crippen LogP contribution < -0.4 is 0 Å². The molecule has 2 heterocycles. The van der Waals surface area contributed by atoms with Gasteiger partial charge in [0.25, 0.3) is 5.95 Å². The van der Waals surface area contributed by atoms with Crippen molar-refractivity contribution in [3.63, 3.8) is 0 Å². The molecule has 0 aliphatic carbocycles. The lowest BCUT2D eigenvalue weighted by atomic mass is 10.0. The number of hydrogen-bond acceptors (Lipinski definition) is 5. The Labute approximate surface area is 142 Å². The molecular formula is C17H10ClN5O. The number of aliphatic imine (C=N–C) groups is 2. The first-order chi connectivity index (χ1) is 11.8. The smallest absolute Gasteiger partial charge is 0.266 e. The number of carbonyl (C=O) groups excluding carboxylic acids is 1. The van der Waals surface area contributed by atoms with E-state index in [1.54, 1.807) is 4.57 Å². The van der Waals surface area contributed by atoms with Gasteiger partial charge in [-0.2, -0.15) is 0 Å². The van der Waals surface area contributed by atoms with Crippen LogP contribution in [-0.4, -0.2) is 26.6 Å². The summed E-state index contributed by atoms with van der Waals surface area (Å²) >= 11 is 6.36. The summed E-state index contributed by atoms with van der Waals surface area (Å²) in [4.78, 5) is 19.0. The van der Waals surface area contributed by atoms with E-state index in [1.165, 1.54) is 6.08 Å². The number of para-hydroxylation sites is 1. The molecule has 24 heavy (non-hydrogen) atoms. The van der Waals surface area contributed by atoms with Gasteiger partial charge in [0.2, 0.25) is 6.08 Å². The largest absolute Gasteiger partial charge is 0.276 e. The molecule has 1 aliphatic heterocycles. The molecular weight excluding hydrogens is 326 g/mol. The van der Waals surface area contributed by atoms with Crippen LogP contribution in [-0.2, 0) is 11.3 Å². The monoisotopic (exact) mass is 335 g/mol. The van der Waals surface area contributed by atoms with Gasteiger partial charge in [-0.05, 0) is 12.1 Å². The molecule has 0 bridgehead atoms. The lowest BCUT2D eigenvalue weighted by Gasteiger charge is -2.12. The van der Waals surface area contributed by atoms with Crippen LogP contribution in [0.2, 0.25) is 5.02 Å². The molecule has 4 rings (SSSR count). The maximum Gasteiger partial charge on any atom is 0.266 e. The third-order valence-electron chi connectivity index (χ3n) is 3.77. The molecule has 1 aliphatic rings. The van der Waals surface area contributed by atoms with Crippen LogP contribution in [0.15, 0.2) is 58.5 Å². The SMILES string of the molecule is O=C=Nc1nnc2n1-c1ccccc1C(c1ccccc1Cl)=NC2. The molecule has 2 aromatic carbocycles. The van der Waals surface area contributed by atoms with Crippen LogP contribution in [0.25, 0.3) is 5.69 Å². The van der Waals surface area contributed by atoms with Crippen molar-refractivity contribution in [3.05, 3.63) is 70.5 Å². The number of fused-ring (bicyclic) bond motifs is 3. The number of aromatic nitrogens is 3. The molecule has 0 saturated heterocycles. The Morgan fingerprint density at radius 2 is 1.79 bits per heavy atom. The molecule has 0 spiro atoms. The fourth-order valence-electron chi connectivity index (χ4n) is 2.76. The third-order valence-corrected chi connectivity index (χ3v) is 4.10. The fraction of sp³-hybridized carbons (Fsp3) is 0.0588. The van der Waals surface area contributed by atoms with E-state index >= 15 is 0 Å². The van der Waals surface area contributed by atoms with Gasteiger partial charge in [-0.25, -0.2) is 4.79 Å². The van der Waals surface area contributed by atoms with Gasteiger partial charge >= 0.3 is 0 Å². The Balaban J connectivity index is 2.00. The van der Waals surface area contributed by atoms with Gasteiger partial charge in [-0.15, -0.1) is 15.2 Å². The van der Waals surface area contributed by atoms with Gasteiger partial charge in [0.05, 0.1) is 11.4 Å². The van der Waals surface area contributed by atoms with Crippen molar-refractivity contribution in [3.8, 4) is 5.69 Å². The van der Waals surface area contributed by atoms with Gasteiger partial charge < -0.3 is 0 Å². The Hall–Kier alpha value is -3.08. The first-order valence-corrected chi connectivity index (χ1v) is 7.58. The second-order valence-corrected chi connectivity index (χ2v) is 5.52. The highest BCUT2D eigenvalue weighted by atomic mass is 35.5. The highest BCUT2D eigenvalue weighted by Gasteiger charge is 2.23. The summed E-state index contributed by atoms with van der Waals surface area (Å²) in [5, 5.41) is 8.64. The molecule has 7 heteroatoms. The zero-order chi connectivity index (χ0) is 16.5. The first-order valence-electron chi connectivity index (χ1n) is 7.21. The Morgan fingerprint density at radius 1 is 1.04 bits per heavy atom. The Morgan fingerprint density at radius 3 is 2.58 bits per heavy atom. The molecule has 0 atom stereocenters. The average molecular weight is 336 g/mol.